The van der Waals surface area contributed by atoms with E-state index >= 15 is 0 Å². The molecule has 0 spiro atoms. The number of nitrogens with one attached hydrogen (secondary N) is 1. The molecular weight excluding hydrogens is 487 g/mol. The van der Waals surface area contributed by atoms with Gasteiger partial charge in [-0.1, -0.05) is 25.0 Å². The maximum absolute atomic E-state index is 14.5. The third-order valence-electron chi connectivity index (χ3n) is 8.24. The molecule has 2 aromatic carbocycles. The van der Waals surface area contributed by atoms with Gasteiger partial charge in [-0.3, -0.25) is 14.6 Å². The number of likely N-dealkylation sites (tertiary alicyclic amines) is 1. The summed E-state index contributed by atoms with van der Waals surface area (Å²) in [6.07, 6.45) is 5.99. The second-order valence-corrected chi connectivity index (χ2v) is 10.6. The predicted molar refractivity (Wildman–Crippen MR) is 141 cm³/mol. The third-order valence-corrected chi connectivity index (χ3v) is 8.24. The molecule has 3 aromatic rings. The Kier molecular flexibility index (Phi) is 6.47. The van der Waals surface area contributed by atoms with Crippen molar-refractivity contribution in [2.24, 2.45) is 0 Å². The number of H-pyrrole nitrogens is 1. The zero-order valence-electron chi connectivity index (χ0n) is 21.6. The molecule has 38 heavy (non-hydrogen) atoms. The van der Waals surface area contributed by atoms with Gasteiger partial charge in [0.15, 0.2) is 11.6 Å². The Morgan fingerprint density at radius 3 is 2.61 bits per heavy atom. The van der Waals surface area contributed by atoms with Crippen LogP contribution in [0.25, 0.3) is 10.9 Å². The van der Waals surface area contributed by atoms with Gasteiger partial charge < -0.3 is 19.7 Å². The van der Waals surface area contributed by atoms with Crippen molar-refractivity contribution in [3.63, 3.8) is 0 Å². The molecular formula is C29H33FN4O4. The Bertz CT molecular complexity index is 1380. The fourth-order valence-electron chi connectivity index (χ4n) is 6.40. The molecule has 0 bridgehead atoms. The van der Waals surface area contributed by atoms with Gasteiger partial charge in [-0.05, 0) is 68.2 Å². The Morgan fingerprint density at radius 2 is 1.87 bits per heavy atom. The van der Waals surface area contributed by atoms with Crippen LogP contribution in [0.4, 0.5) is 9.18 Å². The minimum Gasteiger partial charge on any atom is -0.508 e. The van der Waals surface area contributed by atoms with Crippen LogP contribution in [-0.4, -0.2) is 76.1 Å². The number of amides is 3. The number of ether oxygens (including phenoxy) is 1. The Labute approximate surface area is 221 Å². The molecule has 0 aliphatic carbocycles. The van der Waals surface area contributed by atoms with E-state index < -0.39 is 17.9 Å². The highest BCUT2D eigenvalue weighted by atomic mass is 19.1. The molecule has 2 saturated heterocycles. The van der Waals surface area contributed by atoms with Gasteiger partial charge in [-0.25, -0.2) is 9.18 Å². The summed E-state index contributed by atoms with van der Waals surface area (Å²) in [5, 5.41) is 11.0. The SMILES string of the molecule is COc1cc2c3c([nH]c2cc1F)C(c1cccc(O)c1)N1C(=O)N(CCCN2CCCCCC2)C(=O)[C@@H]1C3. The molecule has 0 radical (unpaired) electrons. The molecule has 3 aliphatic rings. The standard InChI is InChI=1S/C29H33FN4O4/c1-38-25-16-20-21-15-24-28(36)33(13-7-12-32-10-4-2-3-5-11-32)29(37)34(24)27(18-8-6-9-19(35)14-18)26(21)31-23(20)17-22(25)30/h6,8-9,14,16-17,24,27,31,35H,2-5,7,10-13,15H2,1H3/t24-,27?/m0/s1. The van der Waals surface area contributed by atoms with Crippen molar-refractivity contribution < 1.29 is 23.8 Å². The number of fused-ring (bicyclic) bond motifs is 4. The van der Waals surface area contributed by atoms with Gasteiger partial charge in [0.2, 0.25) is 0 Å². The summed E-state index contributed by atoms with van der Waals surface area (Å²) < 4.78 is 19.8. The lowest BCUT2D eigenvalue weighted by Crippen LogP contribution is -2.44. The molecule has 6 rings (SSSR count). The summed E-state index contributed by atoms with van der Waals surface area (Å²) in [6.45, 7) is 3.39. The Balaban J connectivity index is 1.34. The van der Waals surface area contributed by atoms with E-state index in [0.29, 0.717) is 24.0 Å². The van der Waals surface area contributed by atoms with Gasteiger partial charge in [0.1, 0.15) is 17.8 Å². The van der Waals surface area contributed by atoms with Gasteiger partial charge >= 0.3 is 6.03 Å². The summed E-state index contributed by atoms with van der Waals surface area (Å²) in [6, 6.07) is 8.16. The molecule has 1 aromatic heterocycles. The number of nitrogens with zero attached hydrogens (tertiary/aromatic N) is 3. The number of aromatic amines is 1. The summed E-state index contributed by atoms with van der Waals surface area (Å²) in [7, 11) is 1.42. The zero-order chi connectivity index (χ0) is 26.4. The predicted octanol–water partition coefficient (Wildman–Crippen LogP) is 4.57. The number of phenolic OH excluding ortho intramolecular Hbond substituents is 1. The van der Waals surface area contributed by atoms with Crippen molar-refractivity contribution >= 4 is 22.8 Å². The first kappa shape index (κ1) is 24.7. The highest BCUT2D eigenvalue weighted by Crippen LogP contribution is 2.45. The van der Waals surface area contributed by atoms with Crippen molar-refractivity contribution in [3.05, 3.63) is 59.0 Å². The van der Waals surface area contributed by atoms with Crippen LogP contribution in [-0.2, 0) is 11.2 Å². The first-order valence-electron chi connectivity index (χ1n) is 13.5. The van der Waals surface area contributed by atoms with Gasteiger partial charge in [-0.2, -0.15) is 0 Å². The van der Waals surface area contributed by atoms with Crippen molar-refractivity contribution in [3.8, 4) is 11.5 Å². The monoisotopic (exact) mass is 520 g/mol. The fourth-order valence-corrected chi connectivity index (χ4v) is 6.40. The smallest absolute Gasteiger partial charge is 0.328 e. The molecule has 3 amide bonds. The van der Waals surface area contributed by atoms with Crippen LogP contribution in [0.15, 0.2) is 36.4 Å². The largest absolute Gasteiger partial charge is 0.508 e. The van der Waals surface area contributed by atoms with Crippen molar-refractivity contribution in [2.45, 2.75) is 50.6 Å². The number of aromatic nitrogens is 1. The van der Waals surface area contributed by atoms with Gasteiger partial charge in [0.25, 0.3) is 5.91 Å². The minimum atomic E-state index is -0.671. The van der Waals surface area contributed by atoms with Gasteiger partial charge in [-0.15, -0.1) is 0 Å². The molecule has 2 atom stereocenters. The van der Waals surface area contributed by atoms with E-state index in [4.69, 9.17) is 4.74 Å². The van der Waals surface area contributed by atoms with E-state index in [9.17, 15) is 19.1 Å². The number of urea groups is 1. The lowest BCUT2D eigenvalue weighted by atomic mass is 9.88. The molecule has 8 nitrogen and oxygen atoms in total. The number of hydrogen-bond donors (Lipinski definition) is 2. The summed E-state index contributed by atoms with van der Waals surface area (Å²) in [4.78, 5) is 36.3. The Hall–Kier alpha value is -3.59. The van der Waals surface area contributed by atoms with Crippen LogP contribution in [0.1, 0.15) is 55.0 Å². The molecule has 3 aliphatic heterocycles. The second-order valence-electron chi connectivity index (χ2n) is 10.6. The molecule has 1 unspecified atom stereocenters. The third kappa shape index (κ3) is 4.18. The van der Waals surface area contributed by atoms with Crippen LogP contribution in [0.5, 0.6) is 11.5 Å². The van der Waals surface area contributed by atoms with Gasteiger partial charge in [0, 0.05) is 35.6 Å². The fraction of sp³-hybridized carbons (Fsp3) is 0.448. The number of imide groups is 1. The molecule has 2 N–H and O–H groups in total. The van der Waals surface area contributed by atoms with E-state index in [2.05, 4.69) is 9.88 Å². The van der Waals surface area contributed by atoms with E-state index in [0.717, 1.165) is 42.7 Å². The lowest BCUT2D eigenvalue weighted by Gasteiger charge is -2.36. The maximum atomic E-state index is 14.5. The quantitative estimate of drug-likeness (QED) is 0.465. The Morgan fingerprint density at radius 1 is 1.08 bits per heavy atom. The number of methoxy groups -OCH3 is 1. The molecule has 4 heterocycles. The number of halogens is 1. The number of hydrogen-bond acceptors (Lipinski definition) is 5. The van der Waals surface area contributed by atoms with Gasteiger partial charge in [0.05, 0.1) is 7.11 Å². The number of carbonyl (C=O) groups is 2. The maximum Gasteiger partial charge on any atom is 0.328 e. The van der Waals surface area contributed by atoms with Crippen molar-refractivity contribution in [1.29, 1.82) is 0 Å². The number of phenols is 1. The van der Waals surface area contributed by atoms with Crippen LogP contribution in [0, 0.1) is 5.82 Å². The van der Waals surface area contributed by atoms with Crippen LogP contribution in [0.3, 0.4) is 0 Å². The molecule has 0 saturated carbocycles. The number of rotatable bonds is 6. The average Bonchev–Trinajstić information content (AvgIpc) is 3.21. The molecule has 9 heteroatoms. The minimum absolute atomic E-state index is 0.0716. The topological polar surface area (TPSA) is 89.1 Å². The molecule has 200 valence electrons. The van der Waals surface area contributed by atoms with E-state index in [1.165, 1.54) is 43.8 Å². The number of carbonyl (C=O) groups excluding carboxylic acids is 2. The lowest BCUT2D eigenvalue weighted by molar-refractivity contribution is -0.128. The normalized spacial score (nSPS) is 22.1. The van der Waals surface area contributed by atoms with E-state index in [1.54, 1.807) is 29.2 Å². The van der Waals surface area contributed by atoms with Crippen LogP contribution >= 0.6 is 0 Å². The summed E-state index contributed by atoms with van der Waals surface area (Å²) in [5.41, 5.74) is 2.85. The zero-order valence-corrected chi connectivity index (χ0v) is 21.6. The van der Waals surface area contributed by atoms with E-state index in [-0.39, 0.29) is 23.4 Å². The summed E-state index contributed by atoms with van der Waals surface area (Å²) in [5.74, 6) is -0.497. The molecule has 2 fully saturated rings. The van der Waals surface area contributed by atoms with Crippen molar-refractivity contribution in [1.82, 2.24) is 19.7 Å². The second kappa shape index (κ2) is 9.94. The number of benzene rings is 2. The van der Waals surface area contributed by atoms with E-state index in [1.807, 2.05) is 6.07 Å². The first-order chi connectivity index (χ1) is 18.5. The first-order valence-corrected chi connectivity index (χ1v) is 13.5. The highest BCUT2D eigenvalue weighted by molar-refractivity contribution is 6.05. The highest BCUT2D eigenvalue weighted by Gasteiger charge is 2.52. The van der Waals surface area contributed by atoms with Crippen LogP contribution in [0.2, 0.25) is 0 Å². The van der Waals surface area contributed by atoms with Crippen LogP contribution < -0.4 is 4.74 Å². The summed E-state index contributed by atoms with van der Waals surface area (Å²) >= 11 is 0. The number of aromatic hydroxyl groups is 1. The average molecular weight is 521 g/mol. The van der Waals surface area contributed by atoms with Crippen molar-refractivity contribution in [2.75, 3.05) is 33.3 Å².